The number of hydrogen-bond donors (Lipinski definition) is 0. The lowest BCUT2D eigenvalue weighted by Crippen LogP contribution is -2.37. The molecule has 6 aromatic rings. The van der Waals surface area contributed by atoms with E-state index in [1.807, 2.05) is 59.7 Å². The fourth-order valence-electron chi connectivity index (χ4n) is 6.41. The highest BCUT2D eigenvalue weighted by atomic mass is 32.2. The SMILES string of the molecule is Cc1ccc(S(=O)(=O)n2c(-c3cn(C(C)C)nc3C)cc3c(-c4cc(=O)n(C5COC5)cc4Oc4c(C)cccc4C)cn(C)c(=O)c32)cc1. The number of nitrogens with zero attached hydrogens (tertiary/aromatic N) is 5. The second-order valence-corrected chi connectivity index (χ2v) is 15.1. The van der Waals surface area contributed by atoms with Crippen molar-refractivity contribution in [3.63, 3.8) is 0 Å². The molecule has 0 spiro atoms. The van der Waals surface area contributed by atoms with Crippen LogP contribution in [-0.4, -0.2) is 44.5 Å². The standard InChI is InChI=1S/C38H39N5O6S/c1-22(2)42-18-31(26(6)39-42)33-15-30-32(17-40(7)38(45)36(30)43(33)50(46,47)28-13-11-23(3)12-14-28)29-16-35(44)41(27-20-48-21-27)19-34(29)49-37-24(4)9-8-10-25(37)5/h8-19,22,27H,20-21H2,1-7H3. The van der Waals surface area contributed by atoms with Crippen molar-refractivity contribution in [2.24, 2.45) is 7.05 Å². The predicted molar refractivity (Wildman–Crippen MR) is 193 cm³/mol. The van der Waals surface area contributed by atoms with Crippen molar-refractivity contribution in [1.29, 1.82) is 0 Å². The lowest BCUT2D eigenvalue weighted by atomic mass is 10.0. The van der Waals surface area contributed by atoms with E-state index in [0.29, 0.717) is 52.5 Å². The fraction of sp³-hybridized carbons (Fsp3) is 0.289. The largest absolute Gasteiger partial charge is 0.455 e. The summed E-state index contributed by atoms with van der Waals surface area (Å²) in [5, 5.41) is 5.02. The van der Waals surface area contributed by atoms with Crippen molar-refractivity contribution in [3.8, 4) is 33.9 Å². The third-order valence-corrected chi connectivity index (χ3v) is 11.1. The molecule has 1 saturated heterocycles. The molecule has 1 aliphatic rings. The summed E-state index contributed by atoms with van der Waals surface area (Å²) in [6.45, 7) is 12.4. The molecular formula is C38H39N5O6S. The highest BCUT2D eigenvalue weighted by Gasteiger charge is 2.31. The molecule has 0 radical (unpaired) electrons. The monoisotopic (exact) mass is 693 g/mol. The van der Waals surface area contributed by atoms with Crippen molar-refractivity contribution < 1.29 is 17.9 Å². The number of hydrogen-bond acceptors (Lipinski definition) is 7. The van der Waals surface area contributed by atoms with Gasteiger partial charge in [0.15, 0.2) is 5.75 Å². The number of fused-ring (bicyclic) bond motifs is 1. The molecule has 0 atom stereocenters. The molecule has 0 aliphatic carbocycles. The van der Waals surface area contributed by atoms with Gasteiger partial charge in [-0.15, -0.1) is 0 Å². The molecule has 1 aliphatic heterocycles. The second-order valence-electron chi connectivity index (χ2n) is 13.3. The molecule has 0 amide bonds. The summed E-state index contributed by atoms with van der Waals surface area (Å²) in [5.74, 6) is 1.02. The van der Waals surface area contributed by atoms with Gasteiger partial charge in [0.2, 0.25) is 0 Å². The number of aryl methyl sites for hydroxylation is 5. The maximum Gasteiger partial charge on any atom is 0.275 e. The Labute approximate surface area is 290 Å². The minimum absolute atomic E-state index is 0.00887. The van der Waals surface area contributed by atoms with Crippen LogP contribution in [0.4, 0.5) is 0 Å². The Hall–Kier alpha value is -5.20. The van der Waals surface area contributed by atoms with Crippen LogP contribution in [0.25, 0.3) is 33.3 Å². The molecule has 12 heteroatoms. The summed E-state index contributed by atoms with van der Waals surface area (Å²) in [6.07, 6.45) is 5.12. The van der Waals surface area contributed by atoms with E-state index in [1.54, 1.807) is 65.2 Å². The molecule has 11 nitrogen and oxygen atoms in total. The Kier molecular flexibility index (Phi) is 8.19. The van der Waals surface area contributed by atoms with E-state index in [1.165, 1.54) is 10.6 Å². The highest BCUT2D eigenvalue weighted by Crippen LogP contribution is 2.41. The van der Waals surface area contributed by atoms with Crippen LogP contribution in [0.3, 0.4) is 0 Å². The van der Waals surface area contributed by atoms with Crippen molar-refractivity contribution in [2.45, 2.75) is 58.5 Å². The molecule has 2 aromatic carbocycles. The first-order valence-corrected chi connectivity index (χ1v) is 17.9. The summed E-state index contributed by atoms with van der Waals surface area (Å²) >= 11 is 0. The van der Waals surface area contributed by atoms with E-state index in [-0.39, 0.29) is 33.7 Å². The van der Waals surface area contributed by atoms with Gasteiger partial charge < -0.3 is 18.6 Å². The minimum atomic E-state index is -4.32. The summed E-state index contributed by atoms with van der Waals surface area (Å²) in [4.78, 5) is 27.9. The van der Waals surface area contributed by atoms with Crippen LogP contribution >= 0.6 is 0 Å². The number of para-hydroxylation sites is 1. The van der Waals surface area contributed by atoms with Crippen LogP contribution < -0.4 is 15.9 Å². The Morgan fingerprint density at radius 3 is 2.16 bits per heavy atom. The van der Waals surface area contributed by atoms with Gasteiger partial charge in [-0.25, -0.2) is 12.4 Å². The predicted octanol–water partition coefficient (Wildman–Crippen LogP) is 6.45. The molecule has 7 rings (SSSR count). The Morgan fingerprint density at radius 1 is 0.880 bits per heavy atom. The lowest BCUT2D eigenvalue weighted by molar-refractivity contribution is -0.0249. The molecule has 4 aromatic heterocycles. The number of ether oxygens (including phenoxy) is 2. The van der Waals surface area contributed by atoms with Gasteiger partial charge >= 0.3 is 0 Å². The highest BCUT2D eigenvalue weighted by molar-refractivity contribution is 7.90. The molecule has 258 valence electrons. The number of rotatable bonds is 8. The first kappa shape index (κ1) is 33.3. The quantitative estimate of drug-likeness (QED) is 0.180. The smallest absolute Gasteiger partial charge is 0.275 e. The summed E-state index contributed by atoms with van der Waals surface area (Å²) < 4.78 is 47.2. The number of pyridine rings is 2. The van der Waals surface area contributed by atoms with E-state index in [4.69, 9.17) is 9.47 Å². The van der Waals surface area contributed by atoms with E-state index < -0.39 is 15.6 Å². The normalized spacial score (nSPS) is 13.7. The zero-order valence-corrected chi connectivity index (χ0v) is 29.9. The molecule has 5 heterocycles. The first-order valence-electron chi connectivity index (χ1n) is 16.5. The van der Waals surface area contributed by atoms with E-state index in [2.05, 4.69) is 5.10 Å². The van der Waals surface area contributed by atoms with Gasteiger partial charge in [-0.1, -0.05) is 35.9 Å². The first-order chi connectivity index (χ1) is 23.8. The van der Waals surface area contributed by atoms with E-state index in [9.17, 15) is 18.0 Å². The maximum absolute atomic E-state index is 14.7. The third-order valence-electron chi connectivity index (χ3n) is 9.34. The van der Waals surface area contributed by atoms with Gasteiger partial charge in [-0.2, -0.15) is 5.10 Å². The van der Waals surface area contributed by atoms with Crippen LogP contribution in [0.1, 0.15) is 48.3 Å². The van der Waals surface area contributed by atoms with Crippen LogP contribution in [0.15, 0.2) is 87.7 Å². The molecule has 0 bridgehead atoms. The van der Waals surface area contributed by atoms with E-state index in [0.717, 1.165) is 20.7 Å². The number of benzene rings is 2. The van der Waals surface area contributed by atoms with Crippen molar-refractivity contribution in [1.82, 2.24) is 22.9 Å². The van der Waals surface area contributed by atoms with Gasteiger partial charge in [-0.05, 0) is 70.9 Å². The van der Waals surface area contributed by atoms with Crippen LogP contribution in [0, 0.1) is 27.7 Å². The minimum Gasteiger partial charge on any atom is -0.455 e. The Bertz CT molecular complexity index is 2510. The average molecular weight is 694 g/mol. The van der Waals surface area contributed by atoms with Crippen LogP contribution in [-0.2, 0) is 21.8 Å². The fourth-order valence-corrected chi connectivity index (χ4v) is 7.93. The van der Waals surface area contributed by atoms with Crippen molar-refractivity contribution in [2.75, 3.05) is 13.2 Å². The van der Waals surface area contributed by atoms with Crippen molar-refractivity contribution >= 4 is 20.9 Å². The maximum atomic E-state index is 14.7. The summed E-state index contributed by atoms with van der Waals surface area (Å²) in [5.41, 5.74) is 4.19. The topological polar surface area (TPSA) is 119 Å². The summed E-state index contributed by atoms with van der Waals surface area (Å²) in [7, 11) is -2.75. The zero-order chi connectivity index (χ0) is 35.6. The molecular weight excluding hydrogens is 655 g/mol. The molecule has 0 saturated carbocycles. The summed E-state index contributed by atoms with van der Waals surface area (Å²) in [6, 6.07) is 15.4. The van der Waals surface area contributed by atoms with Crippen molar-refractivity contribution in [3.05, 3.63) is 116 Å². The van der Waals surface area contributed by atoms with Gasteiger partial charge in [0.25, 0.3) is 21.1 Å². The molecule has 50 heavy (non-hydrogen) atoms. The Morgan fingerprint density at radius 2 is 1.56 bits per heavy atom. The molecule has 0 unspecified atom stereocenters. The molecule has 0 N–H and O–H groups in total. The molecule has 1 fully saturated rings. The van der Waals surface area contributed by atoms with Gasteiger partial charge in [0.1, 0.15) is 11.3 Å². The van der Waals surface area contributed by atoms with Gasteiger partial charge in [-0.3, -0.25) is 14.3 Å². The third kappa shape index (κ3) is 5.48. The zero-order valence-electron chi connectivity index (χ0n) is 29.1. The van der Waals surface area contributed by atoms with Gasteiger partial charge in [0, 0.05) is 53.6 Å². The van der Waals surface area contributed by atoms with E-state index >= 15 is 0 Å². The lowest BCUT2D eigenvalue weighted by Gasteiger charge is -2.29. The average Bonchev–Trinajstić information content (AvgIpc) is 3.63. The van der Waals surface area contributed by atoms with Crippen LogP contribution in [0.2, 0.25) is 0 Å². The van der Waals surface area contributed by atoms with Gasteiger partial charge in [0.05, 0.1) is 41.7 Å². The van der Waals surface area contributed by atoms with Crippen LogP contribution in [0.5, 0.6) is 11.5 Å². The second kappa shape index (κ2) is 12.3. The Balaban J connectivity index is 1.58. The number of aromatic nitrogens is 5.